The van der Waals surface area contributed by atoms with Crippen LogP contribution in [0.4, 0.5) is 4.39 Å². The van der Waals surface area contributed by atoms with Crippen molar-refractivity contribution in [3.63, 3.8) is 0 Å². The average molecular weight is 287 g/mol. The molecule has 0 aliphatic carbocycles. The number of rotatable bonds is 4. The summed E-state index contributed by atoms with van der Waals surface area (Å²) in [6, 6.07) is 6.19. The van der Waals surface area contributed by atoms with Crippen LogP contribution < -0.4 is 10.6 Å². The molecule has 5 heteroatoms. The van der Waals surface area contributed by atoms with E-state index >= 15 is 0 Å². The summed E-state index contributed by atoms with van der Waals surface area (Å²) in [5, 5.41) is 6.23. The monoisotopic (exact) mass is 286 g/mol. The Balaban J connectivity index is 0.00000180. The molecule has 2 rings (SSSR count). The van der Waals surface area contributed by atoms with Crippen LogP contribution in [-0.2, 0) is 11.2 Å². The number of piperidine rings is 1. The topological polar surface area (TPSA) is 41.1 Å². The Morgan fingerprint density at radius 3 is 3.00 bits per heavy atom. The molecule has 1 aromatic carbocycles. The van der Waals surface area contributed by atoms with Crippen molar-refractivity contribution in [1.29, 1.82) is 0 Å². The second-order valence-corrected chi connectivity index (χ2v) is 4.82. The first-order chi connectivity index (χ1) is 8.74. The van der Waals surface area contributed by atoms with E-state index in [9.17, 15) is 9.18 Å². The van der Waals surface area contributed by atoms with Gasteiger partial charge in [0.2, 0.25) is 5.91 Å². The van der Waals surface area contributed by atoms with Crippen molar-refractivity contribution in [1.82, 2.24) is 10.6 Å². The van der Waals surface area contributed by atoms with Crippen molar-refractivity contribution in [3.05, 3.63) is 35.6 Å². The van der Waals surface area contributed by atoms with E-state index in [4.69, 9.17) is 0 Å². The molecular formula is C14H20ClFN2O. The van der Waals surface area contributed by atoms with E-state index in [0.717, 1.165) is 19.5 Å². The van der Waals surface area contributed by atoms with Crippen LogP contribution in [0.2, 0.25) is 0 Å². The van der Waals surface area contributed by atoms with Gasteiger partial charge in [0, 0.05) is 6.54 Å². The van der Waals surface area contributed by atoms with E-state index in [1.807, 2.05) is 0 Å². The molecule has 1 saturated heterocycles. The molecule has 0 spiro atoms. The predicted octanol–water partition coefficient (Wildman–Crippen LogP) is 1.91. The van der Waals surface area contributed by atoms with E-state index in [-0.39, 0.29) is 30.6 Å². The van der Waals surface area contributed by atoms with Gasteiger partial charge in [0.05, 0.1) is 6.42 Å². The minimum Gasteiger partial charge on any atom is -0.355 e. The Bertz CT molecular complexity index is 408. The Hall–Kier alpha value is -1.13. The highest BCUT2D eigenvalue weighted by atomic mass is 35.5. The third-order valence-corrected chi connectivity index (χ3v) is 3.24. The second-order valence-electron chi connectivity index (χ2n) is 4.82. The molecule has 1 unspecified atom stereocenters. The zero-order valence-corrected chi connectivity index (χ0v) is 11.6. The molecule has 1 aliphatic rings. The first kappa shape index (κ1) is 15.9. The number of hydrogen-bond acceptors (Lipinski definition) is 2. The summed E-state index contributed by atoms with van der Waals surface area (Å²) in [7, 11) is 0. The van der Waals surface area contributed by atoms with E-state index in [1.54, 1.807) is 12.1 Å². The lowest BCUT2D eigenvalue weighted by Crippen LogP contribution is -2.38. The van der Waals surface area contributed by atoms with Gasteiger partial charge in [-0.15, -0.1) is 12.4 Å². The van der Waals surface area contributed by atoms with Crippen LogP contribution in [0.25, 0.3) is 0 Å². The first-order valence-corrected chi connectivity index (χ1v) is 6.46. The van der Waals surface area contributed by atoms with Crippen LogP contribution in [0.5, 0.6) is 0 Å². The lowest BCUT2D eigenvalue weighted by atomic mass is 10.00. The van der Waals surface area contributed by atoms with E-state index in [2.05, 4.69) is 10.6 Å². The number of nitrogens with one attached hydrogen (secondary N) is 2. The summed E-state index contributed by atoms with van der Waals surface area (Å²) in [4.78, 5) is 11.7. The molecule has 1 aromatic rings. The van der Waals surface area contributed by atoms with Crippen LogP contribution in [-0.4, -0.2) is 25.5 Å². The van der Waals surface area contributed by atoms with E-state index in [0.29, 0.717) is 18.0 Å². The molecule has 1 amide bonds. The lowest BCUT2D eigenvalue weighted by molar-refractivity contribution is -0.120. The van der Waals surface area contributed by atoms with Gasteiger partial charge in [0.15, 0.2) is 0 Å². The van der Waals surface area contributed by atoms with Gasteiger partial charge in [-0.25, -0.2) is 4.39 Å². The summed E-state index contributed by atoms with van der Waals surface area (Å²) < 4.78 is 13.0. The summed E-state index contributed by atoms with van der Waals surface area (Å²) in [5.41, 5.74) is 0.717. The maximum atomic E-state index is 13.0. The molecule has 0 aromatic heterocycles. The van der Waals surface area contributed by atoms with Crippen molar-refractivity contribution < 1.29 is 9.18 Å². The SMILES string of the molecule is Cl.O=C(Cc1cccc(F)c1)NCC1CCCNC1. The Morgan fingerprint density at radius 2 is 2.32 bits per heavy atom. The molecule has 2 N–H and O–H groups in total. The second kappa shape index (κ2) is 8.12. The minimum atomic E-state index is -0.295. The maximum Gasteiger partial charge on any atom is 0.224 e. The number of benzene rings is 1. The molecule has 1 heterocycles. The Labute approximate surface area is 119 Å². The summed E-state index contributed by atoms with van der Waals surface area (Å²) in [6.45, 7) is 2.76. The van der Waals surface area contributed by atoms with Gasteiger partial charge in [-0.05, 0) is 49.5 Å². The Kier molecular flexibility index (Phi) is 6.81. The predicted molar refractivity (Wildman–Crippen MR) is 76.0 cm³/mol. The normalized spacial score (nSPS) is 18.5. The molecule has 106 valence electrons. The van der Waals surface area contributed by atoms with Crippen molar-refractivity contribution in [2.24, 2.45) is 5.92 Å². The molecule has 1 aliphatic heterocycles. The molecule has 0 bridgehead atoms. The number of carbonyl (C=O) groups is 1. The highest BCUT2D eigenvalue weighted by Crippen LogP contribution is 2.08. The zero-order valence-electron chi connectivity index (χ0n) is 10.8. The summed E-state index contributed by atoms with van der Waals surface area (Å²) in [6.07, 6.45) is 2.58. The molecule has 1 fully saturated rings. The van der Waals surface area contributed by atoms with Crippen molar-refractivity contribution in [2.75, 3.05) is 19.6 Å². The highest BCUT2D eigenvalue weighted by Gasteiger charge is 2.13. The fourth-order valence-electron chi connectivity index (χ4n) is 2.25. The van der Waals surface area contributed by atoms with Gasteiger partial charge >= 0.3 is 0 Å². The molecule has 0 saturated carbocycles. The largest absolute Gasteiger partial charge is 0.355 e. The van der Waals surface area contributed by atoms with Crippen molar-refractivity contribution in [3.8, 4) is 0 Å². The molecule has 19 heavy (non-hydrogen) atoms. The number of hydrogen-bond donors (Lipinski definition) is 2. The number of amides is 1. The minimum absolute atomic E-state index is 0. The number of halogens is 2. The van der Waals surface area contributed by atoms with E-state index < -0.39 is 0 Å². The van der Waals surface area contributed by atoms with Crippen LogP contribution in [0.15, 0.2) is 24.3 Å². The smallest absolute Gasteiger partial charge is 0.224 e. The van der Waals surface area contributed by atoms with Crippen LogP contribution in [0.3, 0.4) is 0 Å². The number of carbonyl (C=O) groups excluding carboxylic acids is 1. The third kappa shape index (κ3) is 5.57. The average Bonchev–Trinajstić information content (AvgIpc) is 2.38. The standard InChI is InChI=1S/C14H19FN2O.ClH/c15-13-5-1-3-11(7-13)8-14(18)17-10-12-4-2-6-16-9-12;/h1,3,5,7,12,16H,2,4,6,8-10H2,(H,17,18);1H. The summed E-state index contributed by atoms with van der Waals surface area (Å²) >= 11 is 0. The van der Waals surface area contributed by atoms with Crippen molar-refractivity contribution >= 4 is 18.3 Å². The fourth-order valence-corrected chi connectivity index (χ4v) is 2.25. The molecule has 3 nitrogen and oxygen atoms in total. The zero-order chi connectivity index (χ0) is 12.8. The van der Waals surface area contributed by atoms with Gasteiger partial charge in [0.1, 0.15) is 5.82 Å². The third-order valence-electron chi connectivity index (χ3n) is 3.24. The fraction of sp³-hybridized carbons (Fsp3) is 0.500. The van der Waals surface area contributed by atoms with Crippen LogP contribution >= 0.6 is 12.4 Å². The quantitative estimate of drug-likeness (QED) is 0.888. The van der Waals surface area contributed by atoms with Gasteiger partial charge in [-0.3, -0.25) is 4.79 Å². The first-order valence-electron chi connectivity index (χ1n) is 6.46. The Morgan fingerprint density at radius 1 is 1.47 bits per heavy atom. The van der Waals surface area contributed by atoms with Crippen LogP contribution in [0, 0.1) is 11.7 Å². The lowest BCUT2D eigenvalue weighted by Gasteiger charge is -2.22. The van der Waals surface area contributed by atoms with Gasteiger partial charge < -0.3 is 10.6 Å². The van der Waals surface area contributed by atoms with Gasteiger partial charge in [-0.2, -0.15) is 0 Å². The van der Waals surface area contributed by atoms with Crippen LogP contribution in [0.1, 0.15) is 18.4 Å². The van der Waals surface area contributed by atoms with Gasteiger partial charge in [0.25, 0.3) is 0 Å². The van der Waals surface area contributed by atoms with E-state index in [1.165, 1.54) is 18.6 Å². The van der Waals surface area contributed by atoms with Gasteiger partial charge in [-0.1, -0.05) is 12.1 Å². The maximum absolute atomic E-state index is 13.0. The molecule has 0 radical (unpaired) electrons. The molecule has 1 atom stereocenters. The van der Waals surface area contributed by atoms with Crippen molar-refractivity contribution in [2.45, 2.75) is 19.3 Å². The summed E-state index contributed by atoms with van der Waals surface area (Å²) in [5.74, 6) is 0.193. The molecular weight excluding hydrogens is 267 g/mol. The highest BCUT2D eigenvalue weighted by molar-refractivity contribution is 5.85.